The van der Waals surface area contributed by atoms with E-state index >= 15 is 0 Å². The fourth-order valence-corrected chi connectivity index (χ4v) is 3.04. The highest BCUT2D eigenvalue weighted by Crippen LogP contribution is 2.33. The number of nitrogens with zero attached hydrogens (tertiary/aromatic N) is 2. The zero-order valence-corrected chi connectivity index (χ0v) is 13.4. The molecule has 1 aliphatic heterocycles. The summed E-state index contributed by atoms with van der Waals surface area (Å²) in [7, 11) is 0. The first-order valence-corrected chi connectivity index (χ1v) is 8.01. The SMILES string of the molecule is CCC(C)n1ccc(CC2(c3ccc(Cl)cc3)CNC2)n1. The molecule has 1 aromatic heterocycles. The lowest BCUT2D eigenvalue weighted by Gasteiger charge is -2.43. The third-order valence-electron chi connectivity index (χ3n) is 4.61. The molecule has 1 saturated heterocycles. The number of hydrogen-bond acceptors (Lipinski definition) is 2. The van der Waals surface area contributed by atoms with Gasteiger partial charge in [-0.3, -0.25) is 4.68 Å². The maximum atomic E-state index is 6.01. The van der Waals surface area contributed by atoms with E-state index < -0.39 is 0 Å². The van der Waals surface area contributed by atoms with Crippen LogP contribution in [-0.4, -0.2) is 22.9 Å². The van der Waals surface area contributed by atoms with Crippen molar-refractivity contribution in [3.8, 4) is 0 Å². The van der Waals surface area contributed by atoms with Crippen LogP contribution in [0.2, 0.25) is 5.02 Å². The van der Waals surface area contributed by atoms with Crippen molar-refractivity contribution in [2.75, 3.05) is 13.1 Å². The summed E-state index contributed by atoms with van der Waals surface area (Å²) >= 11 is 6.01. The summed E-state index contributed by atoms with van der Waals surface area (Å²) in [4.78, 5) is 0. The summed E-state index contributed by atoms with van der Waals surface area (Å²) in [6.45, 7) is 6.41. The number of hydrogen-bond donors (Lipinski definition) is 1. The molecule has 1 aromatic carbocycles. The van der Waals surface area contributed by atoms with Crippen molar-refractivity contribution in [2.24, 2.45) is 0 Å². The molecule has 0 aliphatic carbocycles. The molecular formula is C17H22ClN3. The minimum absolute atomic E-state index is 0.166. The van der Waals surface area contributed by atoms with Gasteiger partial charge in [-0.1, -0.05) is 30.7 Å². The van der Waals surface area contributed by atoms with Crippen molar-refractivity contribution in [1.82, 2.24) is 15.1 Å². The van der Waals surface area contributed by atoms with Crippen LogP contribution < -0.4 is 5.32 Å². The van der Waals surface area contributed by atoms with Crippen molar-refractivity contribution in [3.05, 3.63) is 52.8 Å². The van der Waals surface area contributed by atoms with Gasteiger partial charge in [0.25, 0.3) is 0 Å². The molecule has 2 heterocycles. The van der Waals surface area contributed by atoms with Gasteiger partial charge in [0.1, 0.15) is 0 Å². The first-order chi connectivity index (χ1) is 10.1. The molecule has 0 radical (unpaired) electrons. The molecule has 3 rings (SSSR count). The Kier molecular flexibility index (Phi) is 4.05. The van der Waals surface area contributed by atoms with Gasteiger partial charge in [0.2, 0.25) is 0 Å². The summed E-state index contributed by atoms with van der Waals surface area (Å²) in [6.07, 6.45) is 4.18. The number of halogens is 1. The van der Waals surface area contributed by atoms with E-state index in [1.807, 2.05) is 12.1 Å². The third-order valence-corrected chi connectivity index (χ3v) is 4.86. The average Bonchev–Trinajstić information content (AvgIpc) is 2.91. The van der Waals surface area contributed by atoms with Gasteiger partial charge in [-0.15, -0.1) is 0 Å². The molecule has 0 bridgehead atoms. The van der Waals surface area contributed by atoms with Crippen LogP contribution in [0.4, 0.5) is 0 Å². The lowest BCUT2D eigenvalue weighted by atomic mass is 9.72. The van der Waals surface area contributed by atoms with Crippen LogP contribution in [-0.2, 0) is 11.8 Å². The molecule has 0 amide bonds. The van der Waals surface area contributed by atoms with E-state index in [0.29, 0.717) is 6.04 Å². The highest BCUT2D eigenvalue weighted by atomic mass is 35.5. The molecule has 1 N–H and O–H groups in total. The van der Waals surface area contributed by atoms with Gasteiger partial charge in [0.05, 0.1) is 5.69 Å². The van der Waals surface area contributed by atoms with Gasteiger partial charge >= 0.3 is 0 Å². The molecule has 0 saturated carbocycles. The van der Waals surface area contributed by atoms with E-state index in [0.717, 1.165) is 31.0 Å². The predicted molar refractivity (Wildman–Crippen MR) is 86.9 cm³/mol. The first-order valence-electron chi connectivity index (χ1n) is 7.64. The van der Waals surface area contributed by atoms with Crippen LogP contribution >= 0.6 is 11.6 Å². The van der Waals surface area contributed by atoms with E-state index in [1.165, 1.54) is 11.3 Å². The number of nitrogens with one attached hydrogen (secondary N) is 1. The maximum absolute atomic E-state index is 6.01. The molecule has 0 spiro atoms. The second-order valence-corrected chi connectivity index (χ2v) is 6.55. The lowest BCUT2D eigenvalue weighted by Crippen LogP contribution is -2.58. The average molecular weight is 304 g/mol. The summed E-state index contributed by atoms with van der Waals surface area (Å²) in [5, 5.41) is 8.96. The molecular weight excluding hydrogens is 282 g/mol. The maximum Gasteiger partial charge on any atom is 0.0634 e. The Balaban J connectivity index is 1.81. The highest BCUT2D eigenvalue weighted by molar-refractivity contribution is 6.30. The van der Waals surface area contributed by atoms with Gasteiger partial charge in [-0.2, -0.15) is 5.10 Å². The largest absolute Gasteiger partial charge is 0.315 e. The first kappa shape index (κ1) is 14.6. The number of benzene rings is 1. The Morgan fingerprint density at radius 2 is 2.00 bits per heavy atom. The van der Waals surface area contributed by atoms with Crippen LogP contribution in [0.5, 0.6) is 0 Å². The molecule has 3 nitrogen and oxygen atoms in total. The molecule has 1 unspecified atom stereocenters. The lowest BCUT2D eigenvalue weighted by molar-refractivity contribution is 0.271. The fourth-order valence-electron chi connectivity index (χ4n) is 2.91. The van der Waals surface area contributed by atoms with Gasteiger partial charge < -0.3 is 5.32 Å². The summed E-state index contributed by atoms with van der Waals surface area (Å²) < 4.78 is 2.08. The van der Waals surface area contributed by atoms with Gasteiger partial charge in [0, 0.05) is 42.2 Å². The Morgan fingerprint density at radius 3 is 2.57 bits per heavy atom. The molecule has 21 heavy (non-hydrogen) atoms. The van der Waals surface area contributed by atoms with Crippen molar-refractivity contribution >= 4 is 11.6 Å². The third kappa shape index (κ3) is 2.85. The van der Waals surface area contributed by atoms with Gasteiger partial charge in [-0.25, -0.2) is 0 Å². The van der Waals surface area contributed by atoms with Crippen LogP contribution in [0.1, 0.15) is 37.6 Å². The van der Waals surface area contributed by atoms with Gasteiger partial charge in [0.15, 0.2) is 0 Å². The minimum Gasteiger partial charge on any atom is -0.315 e. The van der Waals surface area contributed by atoms with E-state index in [9.17, 15) is 0 Å². The summed E-state index contributed by atoms with van der Waals surface area (Å²) in [5.41, 5.74) is 2.69. The predicted octanol–water partition coefficient (Wildman–Crippen LogP) is 3.59. The molecule has 112 valence electrons. The standard InChI is InChI=1S/C17H22ClN3/c1-3-13(2)21-9-8-16(20-21)10-17(11-19-12-17)14-4-6-15(18)7-5-14/h4-9,13,19H,3,10-12H2,1-2H3. The van der Waals surface area contributed by atoms with E-state index in [1.54, 1.807) is 0 Å². The second kappa shape index (κ2) is 5.82. The molecule has 1 atom stereocenters. The Morgan fingerprint density at radius 1 is 1.29 bits per heavy atom. The van der Waals surface area contributed by atoms with Crippen molar-refractivity contribution in [2.45, 2.75) is 38.1 Å². The second-order valence-electron chi connectivity index (χ2n) is 6.11. The van der Waals surface area contributed by atoms with Gasteiger partial charge in [-0.05, 0) is 37.1 Å². The zero-order chi connectivity index (χ0) is 14.9. The minimum atomic E-state index is 0.166. The smallest absolute Gasteiger partial charge is 0.0634 e. The number of aromatic nitrogens is 2. The summed E-state index contributed by atoms with van der Waals surface area (Å²) in [6, 6.07) is 10.9. The highest BCUT2D eigenvalue weighted by Gasteiger charge is 2.39. The Labute approximate surface area is 131 Å². The van der Waals surface area contributed by atoms with Crippen molar-refractivity contribution in [3.63, 3.8) is 0 Å². The molecule has 4 heteroatoms. The van der Waals surface area contributed by atoms with E-state index in [4.69, 9.17) is 16.7 Å². The van der Waals surface area contributed by atoms with Crippen LogP contribution in [0.15, 0.2) is 36.5 Å². The van der Waals surface area contributed by atoms with Crippen molar-refractivity contribution in [1.29, 1.82) is 0 Å². The summed E-state index contributed by atoms with van der Waals surface area (Å²) in [5.74, 6) is 0. The molecule has 1 fully saturated rings. The van der Waals surface area contributed by atoms with E-state index in [-0.39, 0.29) is 5.41 Å². The molecule has 2 aromatic rings. The Bertz CT molecular complexity index is 599. The van der Waals surface area contributed by atoms with Crippen molar-refractivity contribution < 1.29 is 0 Å². The topological polar surface area (TPSA) is 29.9 Å². The number of rotatable bonds is 5. The van der Waals surface area contributed by atoms with Crippen LogP contribution in [0.25, 0.3) is 0 Å². The normalized spacial score (nSPS) is 18.2. The Hall–Kier alpha value is -1.32. The van der Waals surface area contributed by atoms with Crippen LogP contribution in [0, 0.1) is 0 Å². The van der Waals surface area contributed by atoms with E-state index in [2.05, 4.69) is 48.2 Å². The van der Waals surface area contributed by atoms with Crippen LogP contribution in [0.3, 0.4) is 0 Å². The monoisotopic (exact) mass is 303 g/mol. The zero-order valence-electron chi connectivity index (χ0n) is 12.6. The fraction of sp³-hybridized carbons (Fsp3) is 0.471. The quantitative estimate of drug-likeness (QED) is 0.915. The molecule has 1 aliphatic rings.